The number of nitrogens with one attached hydrogen (secondary N) is 2. The Morgan fingerprint density at radius 3 is 2.50 bits per heavy atom. The zero-order valence-corrected chi connectivity index (χ0v) is 14.1. The molecule has 0 saturated carbocycles. The van der Waals surface area contributed by atoms with E-state index in [-0.39, 0.29) is 11.9 Å². The molecule has 118 valence electrons. The Morgan fingerprint density at radius 2 is 2.00 bits per heavy atom. The van der Waals surface area contributed by atoms with Gasteiger partial charge in [-0.1, -0.05) is 0 Å². The molecule has 1 saturated heterocycles. The predicted octanol–water partition coefficient (Wildman–Crippen LogP) is 0.270. The minimum absolute atomic E-state index is 0.00240. The van der Waals surface area contributed by atoms with Gasteiger partial charge in [-0.05, 0) is 26.7 Å². The summed E-state index contributed by atoms with van der Waals surface area (Å²) in [6.45, 7) is 7.78. The quantitative estimate of drug-likeness (QED) is 0.660. The second-order valence-corrected chi connectivity index (χ2v) is 7.21. The lowest BCUT2D eigenvalue weighted by atomic mass is 10.1. The molecule has 0 aromatic heterocycles. The molecule has 1 rings (SSSR count). The Labute approximate surface area is 124 Å². The van der Waals surface area contributed by atoms with E-state index in [2.05, 4.69) is 50.5 Å². The van der Waals surface area contributed by atoms with Crippen molar-refractivity contribution in [2.75, 3.05) is 47.8 Å². The van der Waals surface area contributed by atoms with Crippen LogP contribution >= 0.6 is 0 Å². The number of rotatable bonds is 7. The van der Waals surface area contributed by atoms with Crippen molar-refractivity contribution in [3.8, 4) is 0 Å². The average Bonchev–Trinajstić information content (AvgIpc) is 2.80. The normalized spacial score (nSPS) is 23.6. The minimum Gasteiger partial charge on any atom is -0.358 e. The third-order valence-corrected chi connectivity index (χ3v) is 4.05. The van der Waals surface area contributed by atoms with Crippen LogP contribution in [-0.2, 0) is 4.79 Å². The maximum absolute atomic E-state index is 11.6. The third-order valence-electron chi connectivity index (χ3n) is 4.05. The van der Waals surface area contributed by atoms with Gasteiger partial charge in [-0.2, -0.15) is 0 Å². The summed E-state index contributed by atoms with van der Waals surface area (Å²) < 4.78 is 0.988. The topological polar surface area (TPSA) is 44.4 Å². The molecular weight excluding hydrogens is 252 g/mol. The molecule has 1 aliphatic heterocycles. The monoisotopic (exact) mass is 285 g/mol. The van der Waals surface area contributed by atoms with Crippen LogP contribution in [0.25, 0.3) is 0 Å². The number of nitrogens with zero attached hydrogens (tertiary/aromatic N) is 2. The highest BCUT2D eigenvalue weighted by atomic mass is 16.2. The van der Waals surface area contributed by atoms with Gasteiger partial charge in [0.25, 0.3) is 0 Å². The van der Waals surface area contributed by atoms with Crippen LogP contribution in [-0.4, -0.2) is 81.2 Å². The van der Waals surface area contributed by atoms with E-state index in [0.29, 0.717) is 12.1 Å². The summed E-state index contributed by atoms with van der Waals surface area (Å²) in [7, 11) is 8.40. The molecule has 1 fully saturated rings. The number of hydrogen-bond donors (Lipinski definition) is 2. The molecule has 2 atom stereocenters. The van der Waals surface area contributed by atoms with Crippen molar-refractivity contribution in [2.24, 2.45) is 0 Å². The standard InChI is InChI=1S/C15H32N4O/c1-12(2)18(9-10-19(4,5)6)11-13-7-8-14(17-13)15(20)16-3/h12-14,17H,7-11H2,1-6H3/p+1. The SMILES string of the molecule is CNC(=O)C1CCC(CN(CC[N+](C)(C)C)C(C)C)N1. The van der Waals surface area contributed by atoms with Crippen LogP contribution < -0.4 is 10.6 Å². The first kappa shape index (κ1) is 17.4. The summed E-state index contributed by atoms with van der Waals surface area (Å²) in [6.07, 6.45) is 2.04. The highest BCUT2D eigenvalue weighted by Gasteiger charge is 2.30. The largest absolute Gasteiger partial charge is 0.358 e. The number of carbonyl (C=O) groups is 1. The fraction of sp³-hybridized carbons (Fsp3) is 0.933. The summed E-state index contributed by atoms with van der Waals surface area (Å²) >= 11 is 0. The van der Waals surface area contributed by atoms with Gasteiger partial charge in [0, 0.05) is 32.2 Å². The van der Waals surface area contributed by atoms with Crippen molar-refractivity contribution in [2.45, 2.75) is 44.8 Å². The average molecular weight is 285 g/mol. The van der Waals surface area contributed by atoms with Gasteiger partial charge in [-0.25, -0.2) is 0 Å². The maximum Gasteiger partial charge on any atom is 0.236 e. The molecule has 0 radical (unpaired) electrons. The molecule has 1 heterocycles. The van der Waals surface area contributed by atoms with Crippen LogP contribution in [0.2, 0.25) is 0 Å². The molecule has 20 heavy (non-hydrogen) atoms. The zero-order chi connectivity index (χ0) is 15.3. The van der Waals surface area contributed by atoms with Crippen LogP contribution in [0.1, 0.15) is 26.7 Å². The van der Waals surface area contributed by atoms with E-state index in [9.17, 15) is 4.79 Å². The molecule has 2 N–H and O–H groups in total. The number of hydrogen-bond acceptors (Lipinski definition) is 3. The van der Waals surface area contributed by atoms with E-state index in [0.717, 1.165) is 37.0 Å². The Balaban J connectivity index is 2.45. The molecule has 5 nitrogen and oxygen atoms in total. The van der Waals surface area contributed by atoms with Gasteiger partial charge in [-0.3, -0.25) is 9.69 Å². The minimum atomic E-state index is -0.00240. The smallest absolute Gasteiger partial charge is 0.236 e. The molecule has 0 aromatic carbocycles. The summed E-state index contributed by atoms with van der Waals surface area (Å²) in [5.74, 6) is 0.120. The fourth-order valence-corrected chi connectivity index (χ4v) is 2.62. The van der Waals surface area contributed by atoms with Crippen molar-refractivity contribution < 1.29 is 9.28 Å². The predicted molar refractivity (Wildman–Crippen MR) is 83.6 cm³/mol. The molecule has 0 aromatic rings. The van der Waals surface area contributed by atoms with E-state index >= 15 is 0 Å². The van der Waals surface area contributed by atoms with Gasteiger partial charge in [0.1, 0.15) is 0 Å². The van der Waals surface area contributed by atoms with Crippen molar-refractivity contribution in [1.82, 2.24) is 15.5 Å². The van der Waals surface area contributed by atoms with Crippen molar-refractivity contribution in [3.63, 3.8) is 0 Å². The number of carbonyl (C=O) groups excluding carboxylic acids is 1. The van der Waals surface area contributed by atoms with Crippen LogP contribution in [0.15, 0.2) is 0 Å². The number of quaternary nitrogens is 1. The van der Waals surface area contributed by atoms with Gasteiger partial charge in [-0.15, -0.1) is 0 Å². The van der Waals surface area contributed by atoms with E-state index in [1.54, 1.807) is 7.05 Å². The Bertz CT molecular complexity index is 311. The van der Waals surface area contributed by atoms with E-state index in [1.807, 2.05) is 0 Å². The van der Waals surface area contributed by atoms with Gasteiger partial charge >= 0.3 is 0 Å². The van der Waals surface area contributed by atoms with Crippen LogP contribution in [0, 0.1) is 0 Å². The van der Waals surface area contributed by atoms with Crippen LogP contribution in [0.4, 0.5) is 0 Å². The molecule has 1 aliphatic rings. The lowest BCUT2D eigenvalue weighted by Crippen LogP contribution is -2.49. The summed E-state index contributed by atoms with van der Waals surface area (Å²) in [4.78, 5) is 14.2. The summed E-state index contributed by atoms with van der Waals surface area (Å²) in [5.41, 5.74) is 0. The number of likely N-dealkylation sites (N-methyl/N-ethyl adjacent to an activating group) is 2. The summed E-state index contributed by atoms with van der Waals surface area (Å²) in [6, 6.07) is 0.979. The van der Waals surface area contributed by atoms with Gasteiger partial charge in [0.2, 0.25) is 5.91 Å². The zero-order valence-electron chi connectivity index (χ0n) is 14.1. The third kappa shape index (κ3) is 5.77. The van der Waals surface area contributed by atoms with Gasteiger partial charge in [0.15, 0.2) is 0 Å². The molecule has 1 amide bonds. The Hall–Kier alpha value is -0.650. The second-order valence-electron chi connectivity index (χ2n) is 7.21. The molecule has 0 bridgehead atoms. The molecule has 5 heteroatoms. The van der Waals surface area contributed by atoms with E-state index < -0.39 is 0 Å². The Morgan fingerprint density at radius 1 is 1.35 bits per heavy atom. The van der Waals surface area contributed by atoms with Crippen molar-refractivity contribution >= 4 is 5.91 Å². The molecule has 0 aliphatic carbocycles. The first-order chi connectivity index (χ1) is 9.23. The second kappa shape index (κ2) is 7.38. The Kier molecular flexibility index (Phi) is 6.43. The first-order valence-corrected chi connectivity index (χ1v) is 7.75. The highest BCUT2D eigenvalue weighted by Crippen LogP contribution is 2.15. The van der Waals surface area contributed by atoms with E-state index in [4.69, 9.17) is 0 Å². The van der Waals surface area contributed by atoms with Crippen molar-refractivity contribution in [1.29, 1.82) is 0 Å². The maximum atomic E-state index is 11.6. The number of amides is 1. The van der Waals surface area contributed by atoms with E-state index in [1.165, 1.54) is 0 Å². The van der Waals surface area contributed by atoms with Crippen LogP contribution in [0.3, 0.4) is 0 Å². The highest BCUT2D eigenvalue weighted by molar-refractivity contribution is 5.81. The first-order valence-electron chi connectivity index (χ1n) is 7.75. The lowest BCUT2D eigenvalue weighted by molar-refractivity contribution is -0.869. The lowest BCUT2D eigenvalue weighted by Gasteiger charge is -2.33. The molecular formula is C15H33N4O+. The fourth-order valence-electron chi connectivity index (χ4n) is 2.62. The molecule has 2 unspecified atom stereocenters. The molecule has 0 spiro atoms. The van der Waals surface area contributed by atoms with Gasteiger partial charge < -0.3 is 15.1 Å². The van der Waals surface area contributed by atoms with Crippen LogP contribution in [0.5, 0.6) is 0 Å². The van der Waals surface area contributed by atoms with Gasteiger partial charge in [0.05, 0.1) is 33.7 Å². The summed E-state index contributed by atoms with van der Waals surface area (Å²) in [5, 5.41) is 6.20. The van der Waals surface area contributed by atoms with Crippen molar-refractivity contribution in [3.05, 3.63) is 0 Å².